The summed E-state index contributed by atoms with van der Waals surface area (Å²) in [6.07, 6.45) is 3.79. The second-order valence-corrected chi connectivity index (χ2v) is 15.4. The molecule has 0 atom stereocenters. The van der Waals surface area contributed by atoms with Crippen LogP contribution >= 0.6 is 0 Å². The summed E-state index contributed by atoms with van der Waals surface area (Å²) in [6.45, 7) is 0. The molecule has 0 N–H and O–H groups in total. The summed E-state index contributed by atoms with van der Waals surface area (Å²) in [6, 6.07) is 54.8. The van der Waals surface area contributed by atoms with Gasteiger partial charge in [-0.2, -0.15) is 0 Å². The number of hydrogen-bond donors (Lipinski definition) is 0. The first-order chi connectivity index (χ1) is 29.7. The van der Waals surface area contributed by atoms with Crippen molar-refractivity contribution in [1.29, 1.82) is 0 Å². The number of pyridine rings is 2. The molecule has 0 saturated carbocycles. The molecule has 0 bridgehead atoms. The Morgan fingerprint density at radius 1 is 0.383 bits per heavy atom. The molecule has 14 rings (SSSR count). The van der Waals surface area contributed by atoms with Gasteiger partial charge >= 0.3 is 0 Å². The molecule has 6 aromatic heterocycles. The van der Waals surface area contributed by atoms with Gasteiger partial charge in [0, 0.05) is 45.7 Å². The van der Waals surface area contributed by atoms with E-state index in [0.717, 1.165) is 88.6 Å². The van der Waals surface area contributed by atoms with Gasteiger partial charge in [-0.15, -0.1) is 0 Å². The van der Waals surface area contributed by atoms with Crippen molar-refractivity contribution in [3.63, 3.8) is 0 Å². The van der Waals surface area contributed by atoms with Crippen molar-refractivity contribution in [3.8, 4) is 34.3 Å². The second-order valence-electron chi connectivity index (χ2n) is 15.4. The predicted molar refractivity (Wildman–Crippen MR) is 240 cm³/mol. The highest BCUT2D eigenvalue weighted by atomic mass is 16.4. The van der Waals surface area contributed by atoms with Gasteiger partial charge in [-0.1, -0.05) is 48.5 Å². The summed E-state index contributed by atoms with van der Waals surface area (Å²) in [4.78, 5) is 19.5. The van der Waals surface area contributed by atoms with Crippen molar-refractivity contribution < 1.29 is 8.83 Å². The van der Waals surface area contributed by atoms with Crippen LogP contribution in [0.2, 0.25) is 0 Å². The molecule has 0 spiro atoms. The molecule has 0 radical (unpaired) electrons. The Hall–Kier alpha value is -8.36. The number of oxazole rings is 2. The third-order valence-corrected chi connectivity index (χ3v) is 12.2. The van der Waals surface area contributed by atoms with E-state index in [1.54, 1.807) is 0 Å². The molecule has 0 saturated heterocycles. The van der Waals surface area contributed by atoms with Crippen molar-refractivity contribution in [2.24, 2.45) is 0 Å². The van der Waals surface area contributed by atoms with Crippen LogP contribution in [0, 0.1) is 0 Å². The number of para-hydroxylation sites is 4. The second kappa shape index (κ2) is 11.6. The molecule has 0 amide bonds. The normalized spacial score (nSPS) is 12.3. The first-order valence-corrected chi connectivity index (χ1v) is 20.0. The fourth-order valence-corrected chi connectivity index (χ4v) is 9.62. The Balaban J connectivity index is 0.967. The molecule has 278 valence electrons. The van der Waals surface area contributed by atoms with Gasteiger partial charge in [0.15, 0.2) is 11.2 Å². The summed E-state index contributed by atoms with van der Waals surface area (Å²) in [5.41, 5.74) is 13.4. The molecule has 0 fully saturated rings. The topological polar surface area (TPSA) is 87.7 Å². The van der Waals surface area contributed by atoms with Gasteiger partial charge in [-0.05, 0) is 142 Å². The summed E-state index contributed by atoms with van der Waals surface area (Å²) >= 11 is 0. The molecule has 8 nitrogen and oxygen atoms in total. The Labute approximate surface area is 339 Å². The van der Waals surface area contributed by atoms with Gasteiger partial charge in [0.2, 0.25) is 11.8 Å². The smallest absolute Gasteiger partial charge is 0.227 e. The molecule has 8 aromatic carbocycles. The highest BCUT2D eigenvalue weighted by Crippen LogP contribution is 2.46. The predicted octanol–water partition coefficient (Wildman–Crippen LogP) is 13.2. The zero-order chi connectivity index (χ0) is 39.1. The minimum atomic E-state index is 0.608. The van der Waals surface area contributed by atoms with Crippen LogP contribution < -0.4 is 0 Å². The van der Waals surface area contributed by atoms with E-state index < -0.39 is 0 Å². The Kier molecular flexibility index (Phi) is 6.14. The molecule has 0 aliphatic carbocycles. The van der Waals surface area contributed by atoms with Crippen LogP contribution in [0.15, 0.2) is 179 Å². The third-order valence-electron chi connectivity index (χ3n) is 12.2. The summed E-state index contributed by atoms with van der Waals surface area (Å²) in [7, 11) is 0. The van der Waals surface area contributed by atoms with Crippen LogP contribution in [-0.2, 0) is 0 Å². The highest BCUT2D eigenvalue weighted by molar-refractivity contribution is 6.37. The number of nitrogens with zero attached hydrogens (tertiary/aromatic N) is 6. The molecule has 0 unspecified atom stereocenters. The summed E-state index contributed by atoms with van der Waals surface area (Å²) in [5.74, 6) is 1.22. The lowest BCUT2D eigenvalue weighted by molar-refractivity contribution is 0.619. The summed E-state index contributed by atoms with van der Waals surface area (Å²) in [5, 5.41) is 9.44. The minimum Gasteiger partial charge on any atom is -0.436 e. The van der Waals surface area contributed by atoms with Crippen LogP contribution in [0.1, 0.15) is 0 Å². The lowest BCUT2D eigenvalue weighted by Crippen LogP contribution is -1.95. The highest BCUT2D eigenvalue weighted by Gasteiger charge is 2.23. The number of aromatic nitrogens is 6. The molecular formula is C52H28N6O2. The molecule has 8 heteroatoms. The lowest BCUT2D eigenvalue weighted by Gasteiger charge is -2.15. The average Bonchev–Trinajstić information content (AvgIpc) is 4.09. The van der Waals surface area contributed by atoms with Crippen LogP contribution in [0.5, 0.6) is 0 Å². The van der Waals surface area contributed by atoms with E-state index >= 15 is 0 Å². The standard InChI is InChI=1S/C52H28N6O2/c1-3-11-43-37(7-1)55-51(59-43)29-13-19-33(20-14-29)57-39-9-5-25-53-49(39)47-35-23-18-32-28-42-48(36-24-17-31(27-41(47)57)45(35)46(32)36)50-40(10-6-26-54-50)58(42)34-21-15-30(16-22-34)52-56-38-8-2-4-12-44(38)60-52/h1-28H. The summed E-state index contributed by atoms with van der Waals surface area (Å²) < 4.78 is 16.9. The van der Waals surface area contributed by atoms with E-state index in [2.05, 4.69) is 106 Å². The maximum Gasteiger partial charge on any atom is 0.227 e. The van der Waals surface area contributed by atoms with Gasteiger partial charge < -0.3 is 18.0 Å². The SMILES string of the molecule is c1ccc2oc(-c3ccc(-n4c5cccnc5c5c6ccc7cc8c(c9ccc(cc54)c6c79)c4ncccc4n8-c4ccc(-c5nc6ccccc6o5)cc4)cc3)nc2c1. The van der Waals surface area contributed by atoms with E-state index in [1.165, 1.54) is 32.3 Å². The first kappa shape index (κ1) is 31.7. The van der Waals surface area contributed by atoms with E-state index in [0.29, 0.717) is 11.8 Å². The molecule has 14 aromatic rings. The quantitative estimate of drug-likeness (QED) is 0.166. The van der Waals surface area contributed by atoms with Crippen molar-refractivity contribution >= 4 is 98.4 Å². The van der Waals surface area contributed by atoms with Crippen molar-refractivity contribution in [3.05, 3.63) is 170 Å². The Morgan fingerprint density at radius 2 is 0.833 bits per heavy atom. The molecule has 6 heterocycles. The van der Waals surface area contributed by atoms with E-state index in [9.17, 15) is 0 Å². The third kappa shape index (κ3) is 4.28. The largest absolute Gasteiger partial charge is 0.436 e. The van der Waals surface area contributed by atoms with Gasteiger partial charge in [0.25, 0.3) is 0 Å². The minimum absolute atomic E-state index is 0.608. The van der Waals surface area contributed by atoms with Crippen molar-refractivity contribution in [2.45, 2.75) is 0 Å². The van der Waals surface area contributed by atoms with Gasteiger partial charge in [0.05, 0.1) is 33.1 Å². The zero-order valence-electron chi connectivity index (χ0n) is 31.7. The van der Waals surface area contributed by atoms with Gasteiger partial charge in [-0.25, -0.2) is 9.97 Å². The maximum atomic E-state index is 6.10. The molecule has 0 aliphatic rings. The maximum absolute atomic E-state index is 6.10. The Morgan fingerprint density at radius 3 is 1.28 bits per heavy atom. The number of benzene rings is 8. The van der Waals surface area contributed by atoms with Crippen LogP contribution in [0.3, 0.4) is 0 Å². The number of hydrogen-bond acceptors (Lipinski definition) is 6. The fourth-order valence-electron chi connectivity index (χ4n) is 9.62. The van der Waals surface area contributed by atoms with Crippen molar-refractivity contribution in [2.75, 3.05) is 0 Å². The Bertz CT molecular complexity index is 3730. The lowest BCUT2D eigenvalue weighted by atomic mass is 9.91. The van der Waals surface area contributed by atoms with E-state index in [4.69, 9.17) is 28.8 Å². The van der Waals surface area contributed by atoms with Gasteiger partial charge in [0.1, 0.15) is 11.0 Å². The van der Waals surface area contributed by atoms with Crippen LogP contribution in [0.4, 0.5) is 0 Å². The van der Waals surface area contributed by atoms with Crippen LogP contribution in [0.25, 0.3) is 133 Å². The monoisotopic (exact) mass is 768 g/mol. The first-order valence-electron chi connectivity index (χ1n) is 20.0. The molecule has 60 heavy (non-hydrogen) atoms. The number of fused-ring (bicyclic) bond motifs is 10. The average molecular weight is 769 g/mol. The number of rotatable bonds is 4. The van der Waals surface area contributed by atoms with E-state index in [1.807, 2.05) is 73.1 Å². The fraction of sp³-hybridized carbons (Fsp3) is 0. The molecular weight excluding hydrogens is 741 g/mol. The van der Waals surface area contributed by atoms with E-state index in [-0.39, 0.29) is 0 Å². The van der Waals surface area contributed by atoms with Crippen LogP contribution in [-0.4, -0.2) is 29.1 Å². The molecule has 0 aliphatic heterocycles. The van der Waals surface area contributed by atoms with Gasteiger partial charge in [-0.3, -0.25) is 9.97 Å². The zero-order valence-corrected chi connectivity index (χ0v) is 31.7. The van der Waals surface area contributed by atoms with Crippen molar-refractivity contribution in [1.82, 2.24) is 29.1 Å².